The van der Waals surface area contributed by atoms with E-state index in [9.17, 15) is 9.59 Å². The molecule has 7 nitrogen and oxygen atoms in total. The summed E-state index contributed by atoms with van der Waals surface area (Å²) in [6.45, 7) is 6.50. The fourth-order valence-electron chi connectivity index (χ4n) is 3.73. The molecule has 0 unspecified atom stereocenters. The van der Waals surface area contributed by atoms with Gasteiger partial charge in [-0.05, 0) is 57.0 Å². The molecule has 0 N–H and O–H groups in total. The number of amides is 2. The molecule has 2 amide bonds. The number of carbonyl (C=O) groups excluding carboxylic acids is 2. The van der Waals surface area contributed by atoms with Gasteiger partial charge in [0.05, 0.1) is 27.0 Å². The fourth-order valence-corrected chi connectivity index (χ4v) is 3.73. The highest BCUT2D eigenvalue weighted by molar-refractivity contribution is 5.97. The summed E-state index contributed by atoms with van der Waals surface area (Å²) in [6, 6.07) is 18.7. The van der Waals surface area contributed by atoms with E-state index < -0.39 is 5.54 Å². The maximum atomic E-state index is 13.6. The molecular formula is C28H34N2O5. The number of methoxy groups -OCH3 is 2. The van der Waals surface area contributed by atoms with Gasteiger partial charge >= 0.3 is 0 Å². The minimum absolute atomic E-state index is 0.0721. The van der Waals surface area contributed by atoms with Gasteiger partial charge in [0.15, 0.2) is 0 Å². The zero-order chi connectivity index (χ0) is 25.4. The van der Waals surface area contributed by atoms with Crippen molar-refractivity contribution in [3.05, 3.63) is 83.8 Å². The molecule has 0 bridgehead atoms. The average Bonchev–Trinajstić information content (AvgIpc) is 3.37. The van der Waals surface area contributed by atoms with Gasteiger partial charge in [-0.15, -0.1) is 0 Å². The zero-order valence-corrected chi connectivity index (χ0v) is 21.1. The van der Waals surface area contributed by atoms with Crippen LogP contribution < -0.4 is 9.47 Å². The van der Waals surface area contributed by atoms with Crippen molar-refractivity contribution in [2.45, 2.75) is 39.3 Å². The van der Waals surface area contributed by atoms with Gasteiger partial charge in [0.2, 0.25) is 5.91 Å². The van der Waals surface area contributed by atoms with Crippen molar-refractivity contribution in [1.82, 2.24) is 9.80 Å². The van der Waals surface area contributed by atoms with Crippen LogP contribution in [-0.4, -0.2) is 54.5 Å². The summed E-state index contributed by atoms with van der Waals surface area (Å²) in [5.74, 6) is 1.28. The van der Waals surface area contributed by atoms with E-state index in [1.54, 1.807) is 40.3 Å². The molecule has 1 heterocycles. The van der Waals surface area contributed by atoms with Crippen LogP contribution in [0.15, 0.2) is 71.3 Å². The molecular weight excluding hydrogens is 444 g/mol. The predicted molar refractivity (Wildman–Crippen MR) is 135 cm³/mol. The maximum absolute atomic E-state index is 13.6. The lowest BCUT2D eigenvalue weighted by atomic mass is 10.0. The Morgan fingerprint density at radius 2 is 1.57 bits per heavy atom. The molecule has 0 atom stereocenters. The molecule has 7 heteroatoms. The number of ether oxygens (including phenoxy) is 2. The first-order valence-corrected chi connectivity index (χ1v) is 11.6. The molecule has 0 aliphatic rings. The third-order valence-electron chi connectivity index (χ3n) is 5.74. The van der Waals surface area contributed by atoms with Crippen molar-refractivity contribution in [2.24, 2.45) is 0 Å². The molecule has 0 saturated heterocycles. The lowest BCUT2D eigenvalue weighted by Crippen LogP contribution is -2.51. The molecule has 1 aromatic heterocycles. The molecule has 3 rings (SSSR count). The van der Waals surface area contributed by atoms with Crippen LogP contribution in [0.25, 0.3) is 0 Å². The largest absolute Gasteiger partial charge is 0.497 e. The second-order valence-corrected chi connectivity index (χ2v) is 9.29. The summed E-state index contributed by atoms with van der Waals surface area (Å²) in [6.07, 6.45) is 2.29. The summed E-state index contributed by atoms with van der Waals surface area (Å²) < 4.78 is 16.2. The Kier molecular flexibility index (Phi) is 8.58. The number of furan rings is 1. The first-order valence-electron chi connectivity index (χ1n) is 11.6. The highest BCUT2D eigenvalue weighted by Gasteiger charge is 2.31. The van der Waals surface area contributed by atoms with E-state index in [4.69, 9.17) is 13.9 Å². The van der Waals surface area contributed by atoms with Crippen molar-refractivity contribution >= 4 is 11.8 Å². The summed E-state index contributed by atoms with van der Waals surface area (Å²) in [4.78, 5) is 30.5. The highest BCUT2D eigenvalue weighted by atomic mass is 16.5. The van der Waals surface area contributed by atoms with Gasteiger partial charge in [-0.25, -0.2) is 0 Å². The third kappa shape index (κ3) is 7.12. The Balaban J connectivity index is 1.84. The van der Waals surface area contributed by atoms with Crippen LogP contribution in [0.1, 0.15) is 42.5 Å². The Morgan fingerprint density at radius 3 is 2.11 bits per heavy atom. The van der Waals surface area contributed by atoms with Crippen molar-refractivity contribution in [3.63, 3.8) is 0 Å². The van der Waals surface area contributed by atoms with Crippen LogP contribution in [0.4, 0.5) is 0 Å². The SMILES string of the molecule is COc1cc(OC)cc(C(=O)N(CC(=O)N(CCc2ccccc2)Cc2ccco2)C(C)(C)C)c1. The van der Waals surface area contributed by atoms with Gasteiger partial charge < -0.3 is 23.7 Å². The van der Waals surface area contributed by atoms with E-state index in [0.717, 1.165) is 5.56 Å². The minimum atomic E-state index is -0.598. The summed E-state index contributed by atoms with van der Waals surface area (Å²) >= 11 is 0. The third-order valence-corrected chi connectivity index (χ3v) is 5.74. The molecule has 3 aromatic rings. The predicted octanol–water partition coefficient (Wildman–Crippen LogP) is 4.81. The molecule has 0 saturated carbocycles. The Hall–Kier alpha value is -3.74. The van der Waals surface area contributed by atoms with Gasteiger partial charge in [0.1, 0.15) is 23.8 Å². The highest BCUT2D eigenvalue weighted by Crippen LogP contribution is 2.26. The second kappa shape index (κ2) is 11.6. The lowest BCUT2D eigenvalue weighted by Gasteiger charge is -2.37. The summed E-state index contributed by atoms with van der Waals surface area (Å²) in [5.41, 5.74) is 0.932. The van der Waals surface area contributed by atoms with Crippen LogP contribution in [0.5, 0.6) is 11.5 Å². The zero-order valence-electron chi connectivity index (χ0n) is 21.1. The van der Waals surface area contributed by atoms with Crippen molar-refractivity contribution in [2.75, 3.05) is 27.3 Å². The normalized spacial score (nSPS) is 11.1. The first kappa shape index (κ1) is 25.9. The second-order valence-electron chi connectivity index (χ2n) is 9.29. The average molecular weight is 479 g/mol. The van der Waals surface area contributed by atoms with Gasteiger partial charge in [-0.2, -0.15) is 0 Å². The van der Waals surface area contributed by atoms with Gasteiger partial charge in [-0.1, -0.05) is 30.3 Å². The van der Waals surface area contributed by atoms with Gasteiger partial charge in [0, 0.05) is 23.7 Å². The number of carbonyl (C=O) groups is 2. The molecule has 0 spiro atoms. The topological polar surface area (TPSA) is 72.2 Å². The number of hydrogen-bond donors (Lipinski definition) is 0. The lowest BCUT2D eigenvalue weighted by molar-refractivity contribution is -0.133. The van der Waals surface area contributed by atoms with Crippen LogP contribution in [0.3, 0.4) is 0 Å². The van der Waals surface area contributed by atoms with Crippen LogP contribution in [0.2, 0.25) is 0 Å². The van der Waals surface area contributed by atoms with E-state index in [1.807, 2.05) is 57.2 Å². The van der Waals surface area contributed by atoms with Gasteiger partial charge in [-0.3, -0.25) is 9.59 Å². The number of rotatable bonds is 10. The van der Waals surface area contributed by atoms with Crippen molar-refractivity contribution in [1.29, 1.82) is 0 Å². The number of benzene rings is 2. The molecule has 0 aliphatic carbocycles. The monoisotopic (exact) mass is 478 g/mol. The standard InChI is InChI=1S/C28H34N2O5/c1-28(2,3)30(27(32)22-16-24(33-4)18-25(17-22)34-5)20-26(31)29(19-23-12-9-15-35-23)14-13-21-10-7-6-8-11-21/h6-12,15-18H,13-14,19-20H2,1-5H3. The summed E-state index contributed by atoms with van der Waals surface area (Å²) in [5, 5.41) is 0. The quantitative estimate of drug-likeness (QED) is 0.418. The summed E-state index contributed by atoms with van der Waals surface area (Å²) in [7, 11) is 3.07. The van der Waals surface area contributed by atoms with Crippen LogP contribution in [-0.2, 0) is 17.8 Å². The van der Waals surface area contributed by atoms with E-state index >= 15 is 0 Å². The smallest absolute Gasteiger partial charge is 0.255 e. The molecule has 2 aromatic carbocycles. The molecule has 35 heavy (non-hydrogen) atoms. The fraction of sp³-hybridized carbons (Fsp3) is 0.357. The van der Waals surface area contributed by atoms with E-state index in [1.165, 1.54) is 14.2 Å². The van der Waals surface area contributed by atoms with Gasteiger partial charge in [0.25, 0.3) is 5.91 Å². The molecule has 0 aliphatic heterocycles. The molecule has 186 valence electrons. The van der Waals surface area contributed by atoms with E-state index in [0.29, 0.717) is 42.3 Å². The van der Waals surface area contributed by atoms with E-state index in [-0.39, 0.29) is 18.4 Å². The molecule has 0 fully saturated rings. The minimum Gasteiger partial charge on any atom is -0.497 e. The maximum Gasteiger partial charge on any atom is 0.255 e. The Labute approximate surface area is 207 Å². The van der Waals surface area contributed by atoms with Crippen LogP contribution >= 0.6 is 0 Å². The Morgan fingerprint density at radius 1 is 0.914 bits per heavy atom. The van der Waals surface area contributed by atoms with E-state index in [2.05, 4.69) is 0 Å². The van der Waals surface area contributed by atoms with Crippen molar-refractivity contribution < 1.29 is 23.5 Å². The van der Waals surface area contributed by atoms with Crippen molar-refractivity contribution in [3.8, 4) is 11.5 Å². The number of nitrogens with zero attached hydrogens (tertiary/aromatic N) is 2. The van der Waals surface area contributed by atoms with Crippen LogP contribution in [0, 0.1) is 0 Å². The molecule has 0 radical (unpaired) electrons. The Bertz CT molecular complexity index is 1080. The first-order chi connectivity index (χ1) is 16.7. The number of hydrogen-bond acceptors (Lipinski definition) is 5.